The highest BCUT2D eigenvalue weighted by molar-refractivity contribution is 6.29. The Hall–Kier alpha value is -2.53. The van der Waals surface area contributed by atoms with E-state index in [9.17, 15) is 4.79 Å². The second kappa shape index (κ2) is 5.69. The molecule has 0 aliphatic carbocycles. The van der Waals surface area contributed by atoms with Crippen molar-refractivity contribution in [1.29, 1.82) is 0 Å². The van der Waals surface area contributed by atoms with E-state index in [-0.39, 0.29) is 5.69 Å². The molecule has 0 amide bonds. The molecule has 5 nitrogen and oxygen atoms in total. The van der Waals surface area contributed by atoms with E-state index in [0.717, 1.165) is 27.6 Å². The van der Waals surface area contributed by atoms with Gasteiger partial charge in [0.1, 0.15) is 0 Å². The van der Waals surface area contributed by atoms with Gasteiger partial charge in [0.25, 0.3) is 0 Å². The second-order valence-electron chi connectivity index (χ2n) is 5.18. The molecule has 0 fully saturated rings. The minimum Gasteiger partial charge on any atom is -0.329 e. The number of halogens is 1. The zero-order valence-electron chi connectivity index (χ0n) is 12.2. The average molecular weight is 315 g/mol. The van der Waals surface area contributed by atoms with Gasteiger partial charge in [0.05, 0.1) is 22.1 Å². The molecular formula is C16H15ClN4O. The molecule has 2 heterocycles. The Morgan fingerprint density at radius 2 is 1.50 bits per heavy atom. The van der Waals surface area contributed by atoms with Crippen molar-refractivity contribution in [3.63, 3.8) is 0 Å². The number of benzene rings is 2. The van der Waals surface area contributed by atoms with Gasteiger partial charge in [-0.05, 0) is 60.8 Å². The standard InChI is InChI=1S/C8H7ClN2.C8H8N2O/c1-5-2-3-6-7(4-5)11-8(9)10-6;1-5-2-3-6-7(4-5)10-8(11)9-6/h2-4H,1H3,(H,10,11);2-4H,1H3,(H2,9,10,11). The summed E-state index contributed by atoms with van der Waals surface area (Å²) in [5.41, 5.74) is 5.85. The highest BCUT2D eigenvalue weighted by atomic mass is 35.5. The minimum atomic E-state index is -0.148. The van der Waals surface area contributed by atoms with Gasteiger partial charge in [-0.25, -0.2) is 9.78 Å². The first kappa shape index (κ1) is 14.4. The van der Waals surface area contributed by atoms with Crippen LogP contribution in [-0.2, 0) is 0 Å². The van der Waals surface area contributed by atoms with Crippen LogP contribution in [0.15, 0.2) is 41.2 Å². The topological polar surface area (TPSA) is 77.3 Å². The number of aromatic amines is 3. The lowest BCUT2D eigenvalue weighted by Gasteiger charge is -1.89. The molecule has 4 rings (SSSR count). The number of hydrogen-bond donors (Lipinski definition) is 3. The van der Waals surface area contributed by atoms with Gasteiger partial charge in [-0.3, -0.25) is 0 Å². The number of H-pyrrole nitrogens is 3. The lowest BCUT2D eigenvalue weighted by Crippen LogP contribution is -1.99. The fourth-order valence-corrected chi connectivity index (χ4v) is 2.43. The van der Waals surface area contributed by atoms with Crippen molar-refractivity contribution in [2.45, 2.75) is 13.8 Å². The molecule has 3 N–H and O–H groups in total. The van der Waals surface area contributed by atoms with Crippen LogP contribution in [0.2, 0.25) is 5.28 Å². The van der Waals surface area contributed by atoms with Crippen LogP contribution in [0.1, 0.15) is 11.1 Å². The molecule has 4 aromatic rings. The molecule has 0 unspecified atom stereocenters. The van der Waals surface area contributed by atoms with Crippen molar-refractivity contribution in [1.82, 2.24) is 19.9 Å². The van der Waals surface area contributed by atoms with Crippen LogP contribution in [0.5, 0.6) is 0 Å². The van der Waals surface area contributed by atoms with Crippen molar-refractivity contribution in [3.05, 3.63) is 63.3 Å². The third-order valence-corrected chi connectivity index (χ3v) is 3.46. The van der Waals surface area contributed by atoms with E-state index >= 15 is 0 Å². The molecule has 22 heavy (non-hydrogen) atoms. The molecular weight excluding hydrogens is 300 g/mol. The first-order valence-electron chi connectivity index (χ1n) is 6.82. The van der Waals surface area contributed by atoms with E-state index in [0.29, 0.717) is 5.28 Å². The molecule has 2 aromatic heterocycles. The summed E-state index contributed by atoms with van der Waals surface area (Å²) >= 11 is 5.67. The number of imidazole rings is 2. The van der Waals surface area contributed by atoms with Gasteiger partial charge >= 0.3 is 5.69 Å². The monoisotopic (exact) mass is 314 g/mol. The van der Waals surface area contributed by atoms with Crippen molar-refractivity contribution in [2.75, 3.05) is 0 Å². The molecule has 0 spiro atoms. The number of aryl methyl sites for hydroxylation is 2. The van der Waals surface area contributed by atoms with E-state index < -0.39 is 0 Å². The molecule has 0 saturated heterocycles. The fourth-order valence-electron chi connectivity index (χ4n) is 2.24. The molecule has 0 radical (unpaired) electrons. The molecule has 0 aliphatic rings. The number of nitrogens with one attached hydrogen (secondary N) is 3. The van der Waals surface area contributed by atoms with Gasteiger partial charge < -0.3 is 15.0 Å². The molecule has 2 aromatic carbocycles. The Balaban J connectivity index is 0.000000131. The number of nitrogens with zero attached hydrogens (tertiary/aromatic N) is 1. The zero-order valence-corrected chi connectivity index (χ0v) is 13.0. The first-order chi connectivity index (χ1) is 10.5. The highest BCUT2D eigenvalue weighted by Crippen LogP contribution is 2.15. The Kier molecular flexibility index (Phi) is 3.73. The maximum absolute atomic E-state index is 10.8. The number of aromatic nitrogens is 4. The second-order valence-corrected chi connectivity index (χ2v) is 5.53. The Bertz CT molecular complexity index is 996. The molecule has 0 saturated carbocycles. The largest absolute Gasteiger partial charge is 0.329 e. The highest BCUT2D eigenvalue weighted by Gasteiger charge is 1.98. The number of hydrogen-bond acceptors (Lipinski definition) is 2. The van der Waals surface area contributed by atoms with Crippen LogP contribution >= 0.6 is 11.6 Å². The zero-order chi connectivity index (χ0) is 15.7. The maximum atomic E-state index is 10.8. The van der Waals surface area contributed by atoms with E-state index in [1.807, 2.05) is 50.2 Å². The smallest absolute Gasteiger partial charge is 0.323 e. The van der Waals surface area contributed by atoms with E-state index in [4.69, 9.17) is 11.6 Å². The first-order valence-corrected chi connectivity index (χ1v) is 7.19. The third kappa shape index (κ3) is 3.04. The molecule has 0 atom stereocenters. The normalized spacial score (nSPS) is 10.7. The summed E-state index contributed by atoms with van der Waals surface area (Å²) in [6.45, 7) is 4.03. The number of rotatable bonds is 0. The Labute approximate surface area is 131 Å². The van der Waals surface area contributed by atoms with E-state index in [1.54, 1.807) is 0 Å². The van der Waals surface area contributed by atoms with Crippen LogP contribution in [0.25, 0.3) is 22.1 Å². The van der Waals surface area contributed by atoms with Gasteiger partial charge in [-0.1, -0.05) is 12.1 Å². The van der Waals surface area contributed by atoms with Crippen LogP contribution in [0.4, 0.5) is 0 Å². The number of fused-ring (bicyclic) bond motifs is 2. The van der Waals surface area contributed by atoms with Gasteiger partial charge in [0.15, 0.2) is 0 Å². The lowest BCUT2D eigenvalue weighted by molar-refractivity contribution is 1.21. The Morgan fingerprint density at radius 1 is 0.864 bits per heavy atom. The van der Waals surface area contributed by atoms with E-state index in [1.165, 1.54) is 5.56 Å². The van der Waals surface area contributed by atoms with Crippen molar-refractivity contribution in [3.8, 4) is 0 Å². The lowest BCUT2D eigenvalue weighted by atomic mass is 10.2. The van der Waals surface area contributed by atoms with Gasteiger partial charge in [-0.15, -0.1) is 0 Å². The third-order valence-electron chi connectivity index (χ3n) is 3.28. The predicted molar refractivity (Wildman–Crippen MR) is 89.5 cm³/mol. The summed E-state index contributed by atoms with van der Waals surface area (Å²) in [5.74, 6) is 0. The van der Waals surface area contributed by atoms with Crippen molar-refractivity contribution in [2.24, 2.45) is 0 Å². The summed E-state index contributed by atoms with van der Waals surface area (Å²) in [6, 6.07) is 11.8. The predicted octanol–water partition coefficient (Wildman–Crippen LogP) is 3.69. The van der Waals surface area contributed by atoms with Crippen LogP contribution in [-0.4, -0.2) is 19.9 Å². The molecule has 112 valence electrons. The maximum Gasteiger partial charge on any atom is 0.323 e. The van der Waals surface area contributed by atoms with Crippen molar-refractivity contribution >= 4 is 33.7 Å². The fraction of sp³-hybridized carbons (Fsp3) is 0.125. The SMILES string of the molecule is Cc1ccc2[nH]c(=O)[nH]c2c1.Cc1ccc2nc(Cl)[nH]c2c1. The molecule has 6 heteroatoms. The average Bonchev–Trinajstić information content (AvgIpc) is 2.99. The summed E-state index contributed by atoms with van der Waals surface area (Å²) in [4.78, 5) is 23.2. The summed E-state index contributed by atoms with van der Waals surface area (Å²) in [6.07, 6.45) is 0. The molecule has 0 aliphatic heterocycles. The summed E-state index contributed by atoms with van der Waals surface area (Å²) in [7, 11) is 0. The van der Waals surface area contributed by atoms with Crippen LogP contribution < -0.4 is 5.69 Å². The van der Waals surface area contributed by atoms with Gasteiger partial charge in [0.2, 0.25) is 5.28 Å². The van der Waals surface area contributed by atoms with Crippen LogP contribution in [0, 0.1) is 13.8 Å². The van der Waals surface area contributed by atoms with Gasteiger partial charge in [-0.2, -0.15) is 0 Å². The minimum absolute atomic E-state index is 0.148. The Morgan fingerprint density at radius 3 is 2.27 bits per heavy atom. The van der Waals surface area contributed by atoms with E-state index in [2.05, 4.69) is 19.9 Å². The summed E-state index contributed by atoms with van der Waals surface area (Å²) in [5, 5.41) is 0.450. The molecule has 0 bridgehead atoms. The quantitative estimate of drug-likeness (QED) is 0.463. The van der Waals surface area contributed by atoms with Gasteiger partial charge in [0, 0.05) is 0 Å². The van der Waals surface area contributed by atoms with Crippen molar-refractivity contribution < 1.29 is 0 Å². The van der Waals surface area contributed by atoms with Crippen LogP contribution in [0.3, 0.4) is 0 Å². The summed E-state index contributed by atoms with van der Waals surface area (Å²) < 4.78 is 0.